The first-order valence-corrected chi connectivity index (χ1v) is 6.88. The lowest BCUT2D eigenvalue weighted by molar-refractivity contribution is 0.153. The number of alkyl halides is 1. The molecule has 2 rings (SSSR count). The first-order valence-electron chi connectivity index (χ1n) is 6.34. The highest BCUT2D eigenvalue weighted by Gasteiger charge is 2.17. The normalized spacial score (nSPS) is 12.8. The summed E-state index contributed by atoms with van der Waals surface area (Å²) in [6.07, 6.45) is 0.959. The van der Waals surface area contributed by atoms with Crippen LogP contribution >= 0.6 is 11.6 Å². The van der Waals surface area contributed by atoms with Gasteiger partial charge >= 0.3 is 0 Å². The van der Waals surface area contributed by atoms with Gasteiger partial charge in [0.15, 0.2) is 0 Å². The highest BCUT2D eigenvalue weighted by molar-refractivity contribution is 6.16. The van der Waals surface area contributed by atoms with Crippen molar-refractivity contribution in [3.8, 4) is 5.75 Å². The Morgan fingerprint density at radius 3 is 2.74 bits per heavy atom. The zero-order valence-electron chi connectivity index (χ0n) is 11.5. The van der Waals surface area contributed by atoms with Crippen LogP contribution in [-0.2, 0) is 10.6 Å². The summed E-state index contributed by atoms with van der Waals surface area (Å²) >= 11 is 6.02. The Hall–Kier alpha value is -1.26. The molecule has 0 saturated heterocycles. The Balaban J connectivity index is 2.59. The van der Waals surface area contributed by atoms with Gasteiger partial charge in [-0.2, -0.15) is 0 Å². The van der Waals surface area contributed by atoms with Crippen molar-refractivity contribution in [3.05, 3.63) is 24.0 Å². The second-order valence-electron chi connectivity index (χ2n) is 4.40. The van der Waals surface area contributed by atoms with Crippen LogP contribution in [0.4, 0.5) is 0 Å². The number of halogens is 1. The van der Waals surface area contributed by atoms with Crippen molar-refractivity contribution in [2.45, 2.75) is 25.3 Å². The summed E-state index contributed by atoms with van der Waals surface area (Å²) in [5.41, 5.74) is 1.98. The first kappa shape index (κ1) is 14.2. The Labute approximate surface area is 118 Å². The molecule has 0 amide bonds. The van der Waals surface area contributed by atoms with Crippen molar-refractivity contribution < 1.29 is 9.47 Å². The number of nitrogens with zero attached hydrogens (tertiary/aromatic N) is 2. The van der Waals surface area contributed by atoms with Gasteiger partial charge in [0.25, 0.3) is 0 Å². The summed E-state index contributed by atoms with van der Waals surface area (Å²) in [5, 5.41) is 0. The standard InChI is InChI=1S/C14H19ClN2O2/c1-4-10(9-18-2)17-13-7-11(19-3)5-6-12(13)16-14(17)8-15/h5-7,10H,4,8-9H2,1-3H3. The molecule has 4 nitrogen and oxygen atoms in total. The van der Waals surface area contributed by atoms with Crippen LogP contribution in [0.2, 0.25) is 0 Å². The lowest BCUT2D eigenvalue weighted by atomic mass is 10.2. The molecule has 5 heteroatoms. The highest BCUT2D eigenvalue weighted by atomic mass is 35.5. The fourth-order valence-corrected chi connectivity index (χ4v) is 2.51. The number of methoxy groups -OCH3 is 2. The molecule has 1 unspecified atom stereocenters. The van der Waals surface area contributed by atoms with Crippen LogP contribution < -0.4 is 4.74 Å². The fourth-order valence-electron chi connectivity index (χ4n) is 2.32. The van der Waals surface area contributed by atoms with E-state index in [1.807, 2.05) is 18.2 Å². The third-order valence-electron chi connectivity index (χ3n) is 3.28. The van der Waals surface area contributed by atoms with Crippen molar-refractivity contribution in [3.63, 3.8) is 0 Å². The van der Waals surface area contributed by atoms with Crippen molar-refractivity contribution in [1.82, 2.24) is 9.55 Å². The molecule has 1 atom stereocenters. The average molecular weight is 283 g/mol. The number of hydrogen-bond donors (Lipinski definition) is 0. The molecule has 1 heterocycles. The van der Waals surface area contributed by atoms with E-state index in [0.29, 0.717) is 12.5 Å². The Bertz CT molecular complexity index is 554. The molecular formula is C14H19ClN2O2. The van der Waals surface area contributed by atoms with Crippen LogP contribution in [0.15, 0.2) is 18.2 Å². The molecule has 0 N–H and O–H groups in total. The Morgan fingerprint density at radius 2 is 2.16 bits per heavy atom. The lowest BCUT2D eigenvalue weighted by Crippen LogP contribution is -2.16. The number of imidazole rings is 1. The molecule has 0 radical (unpaired) electrons. The molecule has 1 aromatic heterocycles. The van der Waals surface area contributed by atoms with E-state index in [0.717, 1.165) is 29.0 Å². The van der Waals surface area contributed by atoms with E-state index >= 15 is 0 Å². The minimum atomic E-state index is 0.232. The van der Waals surface area contributed by atoms with Gasteiger partial charge in [0.05, 0.1) is 36.7 Å². The maximum atomic E-state index is 6.02. The predicted molar refractivity (Wildman–Crippen MR) is 77.0 cm³/mol. The number of ether oxygens (including phenoxy) is 2. The summed E-state index contributed by atoms with van der Waals surface area (Å²) in [4.78, 5) is 4.58. The summed E-state index contributed by atoms with van der Waals surface area (Å²) < 4.78 is 12.7. The van der Waals surface area contributed by atoms with Crippen molar-refractivity contribution in [2.75, 3.05) is 20.8 Å². The van der Waals surface area contributed by atoms with E-state index in [9.17, 15) is 0 Å². The SMILES string of the molecule is CCC(COC)n1c(CCl)nc2ccc(OC)cc21. The zero-order chi connectivity index (χ0) is 13.8. The van der Waals surface area contributed by atoms with E-state index in [1.54, 1.807) is 14.2 Å². The first-order chi connectivity index (χ1) is 9.24. The van der Waals surface area contributed by atoms with Crippen molar-refractivity contribution >= 4 is 22.6 Å². The van der Waals surface area contributed by atoms with Crippen LogP contribution in [0.1, 0.15) is 25.2 Å². The second-order valence-corrected chi connectivity index (χ2v) is 4.67. The number of hydrogen-bond acceptors (Lipinski definition) is 3. The fraction of sp³-hybridized carbons (Fsp3) is 0.500. The van der Waals surface area contributed by atoms with Crippen molar-refractivity contribution in [2.24, 2.45) is 0 Å². The summed E-state index contributed by atoms with van der Waals surface area (Å²) in [7, 11) is 3.37. The molecular weight excluding hydrogens is 264 g/mol. The largest absolute Gasteiger partial charge is 0.497 e. The predicted octanol–water partition coefficient (Wildman–Crippen LogP) is 3.38. The number of rotatable bonds is 6. The van der Waals surface area contributed by atoms with Gasteiger partial charge in [-0.05, 0) is 18.6 Å². The van der Waals surface area contributed by atoms with Gasteiger partial charge in [-0.25, -0.2) is 4.98 Å². The number of benzene rings is 1. The van der Waals surface area contributed by atoms with Gasteiger partial charge in [0, 0.05) is 13.2 Å². The molecule has 0 bridgehead atoms. The smallest absolute Gasteiger partial charge is 0.125 e. The van der Waals surface area contributed by atoms with Gasteiger partial charge in [0.2, 0.25) is 0 Å². The summed E-state index contributed by atoms with van der Waals surface area (Å²) in [5.74, 6) is 2.08. The van der Waals surface area contributed by atoms with Crippen molar-refractivity contribution in [1.29, 1.82) is 0 Å². The van der Waals surface area contributed by atoms with E-state index < -0.39 is 0 Å². The van der Waals surface area contributed by atoms with Gasteiger partial charge in [0.1, 0.15) is 11.6 Å². The molecule has 0 aliphatic rings. The van der Waals surface area contributed by atoms with Gasteiger partial charge in [-0.3, -0.25) is 0 Å². The van der Waals surface area contributed by atoms with E-state index in [2.05, 4.69) is 16.5 Å². The van der Waals surface area contributed by atoms with Crippen LogP contribution in [-0.4, -0.2) is 30.4 Å². The zero-order valence-corrected chi connectivity index (χ0v) is 12.3. The minimum absolute atomic E-state index is 0.232. The molecule has 0 spiro atoms. The Morgan fingerprint density at radius 1 is 1.37 bits per heavy atom. The van der Waals surface area contributed by atoms with Gasteiger partial charge in [-0.1, -0.05) is 6.92 Å². The number of aromatic nitrogens is 2. The summed E-state index contributed by atoms with van der Waals surface area (Å²) in [6, 6.07) is 6.10. The highest BCUT2D eigenvalue weighted by Crippen LogP contribution is 2.27. The van der Waals surface area contributed by atoms with Crippen LogP contribution in [0.3, 0.4) is 0 Å². The Kier molecular flexibility index (Phi) is 4.66. The quantitative estimate of drug-likeness (QED) is 0.762. The second kappa shape index (κ2) is 6.26. The molecule has 0 saturated carbocycles. The minimum Gasteiger partial charge on any atom is -0.497 e. The maximum Gasteiger partial charge on any atom is 0.125 e. The molecule has 104 valence electrons. The van der Waals surface area contributed by atoms with Crippen LogP contribution in [0, 0.1) is 0 Å². The molecule has 1 aromatic carbocycles. The third kappa shape index (κ3) is 2.69. The maximum absolute atomic E-state index is 6.02. The van der Waals surface area contributed by atoms with Crippen LogP contribution in [0.25, 0.3) is 11.0 Å². The number of fused-ring (bicyclic) bond motifs is 1. The van der Waals surface area contributed by atoms with Gasteiger partial charge < -0.3 is 14.0 Å². The van der Waals surface area contributed by atoms with E-state index in [4.69, 9.17) is 21.1 Å². The van der Waals surface area contributed by atoms with E-state index in [1.165, 1.54) is 0 Å². The van der Waals surface area contributed by atoms with E-state index in [-0.39, 0.29) is 6.04 Å². The van der Waals surface area contributed by atoms with Gasteiger partial charge in [-0.15, -0.1) is 11.6 Å². The average Bonchev–Trinajstić information content (AvgIpc) is 2.82. The molecule has 19 heavy (non-hydrogen) atoms. The van der Waals surface area contributed by atoms with Crippen LogP contribution in [0.5, 0.6) is 5.75 Å². The summed E-state index contributed by atoms with van der Waals surface area (Å²) in [6.45, 7) is 2.77. The molecule has 0 aliphatic heterocycles. The molecule has 0 fully saturated rings. The third-order valence-corrected chi connectivity index (χ3v) is 3.52. The lowest BCUT2D eigenvalue weighted by Gasteiger charge is -2.19. The monoisotopic (exact) mass is 282 g/mol. The molecule has 2 aromatic rings. The topological polar surface area (TPSA) is 36.3 Å². The molecule has 0 aliphatic carbocycles.